The highest BCUT2D eigenvalue weighted by Crippen LogP contribution is 2.27. The van der Waals surface area contributed by atoms with Gasteiger partial charge in [0.15, 0.2) is 5.82 Å². The monoisotopic (exact) mass is 425 g/mol. The van der Waals surface area contributed by atoms with Crippen molar-refractivity contribution in [1.29, 1.82) is 5.26 Å². The molecule has 0 spiro atoms. The number of aromatic nitrogens is 2. The van der Waals surface area contributed by atoms with Gasteiger partial charge in [-0.25, -0.2) is 4.98 Å². The largest absolute Gasteiger partial charge is 0.426 e. The van der Waals surface area contributed by atoms with Crippen molar-refractivity contribution in [3.8, 4) is 17.5 Å². The number of rotatable bonds is 5. The van der Waals surface area contributed by atoms with Gasteiger partial charge in [0.25, 0.3) is 5.69 Å². The highest BCUT2D eigenvalue weighted by atomic mass is 16.6. The molecule has 0 aliphatic heterocycles. The van der Waals surface area contributed by atoms with Crippen molar-refractivity contribution in [3.63, 3.8) is 0 Å². The molecule has 0 unspecified atom stereocenters. The van der Waals surface area contributed by atoms with Gasteiger partial charge >= 0.3 is 0 Å². The van der Waals surface area contributed by atoms with E-state index in [1.54, 1.807) is 54.6 Å². The predicted octanol–water partition coefficient (Wildman–Crippen LogP) is 4.37. The molecule has 4 rings (SSSR count). The van der Waals surface area contributed by atoms with Crippen molar-refractivity contribution in [3.05, 3.63) is 94.0 Å². The third kappa shape index (κ3) is 4.15. The molecule has 2 N–H and O–H groups in total. The molecular weight excluding hydrogens is 410 g/mol. The lowest BCUT2D eigenvalue weighted by atomic mass is 10.1. The number of hydrogen-bond donors (Lipinski definition) is 2. The van der Waals surface area contributed by atoms with E-state index in [9.17, 15) is 20.1 Å². The maximum Gasteiger partial charge on any atom is 0.271 e. The number of carbonyl (C=O) groups excluding carboxylic acids is 1. The van der Waals surface area contributed by atoms with Crippen molar-refractivity contribution < 1.29 is 14.9 Å². The Labute approximate surface area is 181 Å². The van der Waals surface area contributed by atoms with Crippen LogP contribution in [0.3, 0.4) is 0 Å². The van der Waals surface area contributed by atoms with E-state index in [2.05, 4.69) is 10.3 Å². The molecule has 32 heavy (non-hydrogen) atoms. The lowest BCUT2D eigenvalue weighted by Crippen LogP contribution is -2.07. The van der Waals surface area contributed by atoms with Crippen molar-refractivity contribution in [2.75, 3.05) is 5.32 Å². The topological polar surface area (TPSA) is 134 Å². The Hall–Kier alpha value is -4.97. The average Bonchev–Trinajstić information content (AvgIpc) is 3.14. The molecule has 0 saturated heterocycles. The van der Waals surface area contributed by atoms with Gasteiger partial charge in [-0.15, -0.1) is 0 Å². The zero-order valence-corrected chi connectivity index (χ0v) is 16.5. The smallest absolute Gasteiger partial charge is 0.271 e. The van der Waals surface area contributed by atoms with Crippen LogP contribution >= 0.6 is 0 Å². The summed E-state index contributed by atoms with van der Waals surface area (Å²) >= 11 is 0. The Morgan fingerprint density at radius 2 is 1.84 bits per heavy atom. The molecule has 0 fully saturated rings. The summed E-state index contributed by atoms with van der Waals surface area (Å²) in [7, 11) is 0. The summed E-state index contributed by atoms with van der Waals surface area (Å²) in [5.74, 6) is -0.108. The second-order valence-corrected chi connectivity index (χ2v) is 6.81. The molecule has 0 atom stereocenters. The van der Waals surface area contributed by atoms with Crippen LogP contribution in [0.25, 0.3) is 28.5 Å². The van der Waals surface area contributed by atoms with Crippen molar-refractivity contribution in [2.24, 2.45) is 0 Å². The molecule has 9 heteroatoms. The van der Waals surface area contributed by atoms with Gasteiger partial charge in [0.2, 0.25) is 5.91 Å². The summed E-state index contributed by atoms with van der Waals surface area (Å²) in [6, 6.07) is 19.6. The second-order valence-electron chi connectivity index (χ2n) is 6.81. The number of imidazole rings is 1. The quantitative estimate of drug-likeness (QED) is 0.211. The van der Waals surface area contributed by atoms with Gasteiger partial charge in [-0.05, 0) is 54.1 Å². The minimum Gasteiger partial charge on any atom is -0.426 e. The minimum atomic E-state index is -0.542. The third-order valence-corrected chi connectivity index (χ3v) is 4.70. The normalized spacial score (nSPS) is 10.8. The SMILES string of the molecule is N#Cc1ccc(C=CC(=O)Nc2ccc(-c3nc4ccc([N+](=O)[O-])cc4n3O)cc2)cc1. The average molecular weight is 425 g/mol. The number of non-ortho nitro benzene ring substituents is 1. The van der Waals surface area contributed by atoms with Crippen LogP contribution in [0.1, 0.15) is 11.1 Å². The Balaban J connectivity index is 1.48. The molecule has 0 aliphatic rings. The maximum atomic E-state index is 12.2. The van der Waals surface area contributed by atoms with Crippen molar-refractivity contribution in [1.82, 2.24) is 9.71 Å². The van der Waals surface area contributed by atoms with Crippen LogP contribution in [0.2, 0.25) is 0 Å². The zero-order valence-electron chi connectivity index (χ0n) is 16.5. The molecule has 1 heterocycles. The lowest BCUT2D eigenvalue weighted by molar-refractivity contribution is -0.384. The number of anilines is 1. The molecule has 0 bridgehead atoms. The van der Waals surface area contributed by atoms with Crippen molar-refractivity contribution in [2.45, 2.75) is 0 Å². The lowest BCUT2D eigenvalue weighted by Gasteiger charge is -2.05. The molecular formula is C23H15N5O4. The van der Waals surface area contributed by atoms with Crippen LogP contribution in [0.4, 0.5) is 11.4 Å². The number of nitrogens with one attached hydrogen (secondary N) is 1. The van der Waals surface area contributed by atoms with Crippen molar-refractivity contribution >= 4 is 34.4 Å². The molecule has 0 saturated carbocycles. The van der Waals surface area contributed by atoms with Crippen LogP contribution in [0.5, 0.6) is 0 Å². The minimum absolute atomic E-state index is 0.147. The molecule has 4 aromatic rings. The highest BCUT2D eigenvalue weighted by Gasteiger charge is 2.15. The summed E-state index contributed by atoms with van der Waals surface area (Å²) < 4.78 is 0.802. The van der Waals surface area contributed by atoms with Gasteiger partial charge in [-0.1, -0.05) is 12.1 Å². The van der Waals surface area contributed by atoms with E-state index >= 15 is 0 Å². The van der Waals surface area contributed by atoms with Gasteiger partial charge in [0.05, 0.1) is 22.1 Å². The van der Waals surface area contributed by atoms with Crippen LogP contribution in [-0.4, -0.2) is 25.8 Å². The number of fused-ring (bicyclic) bond motifs is 1. The number of nitro groups is 1. The van der Waals surface area contributed by atoms with Crippen LogP contribution < -0.4 is 5.32 Å². The molecule has 9 nitrogen and oxygen atoms in total. The van der Waals surface area contributed by atoms with Gasteiger partial charge in [0.1, 0.15) is 5.52 Å². The first kappa shape index (κ1) is 20.3. The molecule has 3 aromatic carbocycles. The molecule has 156 valence electrons. The number of nitrogens with zero attached hydrogens (tertiary/aromatic N) is 4. The fraction of sp³-hybridized carbons (Fsp3) is 0. The van der Waals surface area contributed by atoms with Crippen LogP contribution in [0.15, 0.2) is 72.8 Å². The summed E-state index contributed by atoms with van der Waals surface area (Å²) in [4.78, 5) is 26.9. The fourth-order valence-corrected chi connectivity index (χ4v) is 3.08. The van der Waals surface area contributed by atoms with E-state index in [4.69, 9.17) is 5.26 Å². The fourth-order valence-electron chi connectivity index (χ4n) is 3.08. The molecule has 0 radical (unpaired) electrons. The number of nitro benzene ring substituents is 1. The first-order valence-electron chi connectivity index (χ1n) is 9.40. The Morgan fingerprint density at radius 1 is 1.12 bits per heavy atom. The first-order chi connectivity index (χ1) is 15.4. The number of amides is 1. The van der Waals surface area contributed by atoms with E-state index in [-0.39, 0.29) is 22.9 Å². The van der Waals surface area contributed by atoms with E-state index < -0.39 is 4.92 Å². The zero-order chi connectivity index (χ0) is 22.7. The number of nitriles is 1. The van der Waals surface area contributed by atoms with E-state index in [0.29, 0.717) is 22.3 Å². The Kier molecular flexibility index (Phi) is 5.34. The second kappa shape index (κ2) is 8.41. The van der Waals surface area contributed by atoms with Crippen LogP contribution in [-0.2, 0) is 4.79 Å². The summed E-state index contributed by atoms with van der Waals surface area (Å²) in [6.07, 6.45) is 3.02. The highest BCUT2D eigenvalue weighted by molar-refractivity contribution is 6.02. The summed E-state index contributed by atoms with van der Waals surface area (Å²) in [5, 5.41) is 32.9. The standard InChI is InChI=1S/C23H15N5O4/c24-14-16-3-1-15(2-4-16)5-12-22(29)25-18-8-6-17(7-9-18)23-26-20-11-10-19(28(31)32)13-21(20)27(23)30/h1-13,30H,(H,25,29). The molecule has 1 amide bonds. The molecule has 1 aromatic heterocycles. The maximum absolute atomic E-state index is 12.2. The van der Waals surface area contributed by atoms with E-state index in [1.807, 2.05) is 6.07 Å². The van der Waals surface area contributed by atoms with Gasteiger partial charge in [-0.3, -0.25) is 14.9 Å². The predicted molar refractivity (Wildman–Crippen MR) is 118 cm³/mol. The third-order valence-electron chi connectivity index (χ3n) is 4.70. The number of hydrogen-bond acceptors (Lipinski definition) is 6. The van der Waals surface area contributed by atoms with E-state index in [0.717, 1.165) is 10.3 Å². The van der Waals surface area contributed by atoms with Crippen LogP contribution in [0, 0.1) is 21.4 Å². The number of carbonyl (C=O) groups is 1. The molecule has 0 aliphatic carbocycles. The van der Waals surface area contributed by atoms with Gasteiger partial charge < -0.3 is 10.5 Å². The summed E-state index contributed by atoms with van der Waals surface area (Å²) in [5.41, 5.74) is 2.93. The number of benzene rings is 3. The van der Waals surface area contributed by atoms with Gasteiger partial charge in [0, 0.05) is 29.5 Å². The Morgan fingerprint density at radius 3 is 2.50 bits per heavy atom. The first-order valence-corrected chi connectivity index (χ1v) is 9.40. The van der Waals surface area contributed by atoms with E-state index in [1.165, 1.54) is 24.3 Å². The summed E-state index contributed by atoms with van der Waals surface area (Å²) in [6.45, 7) is 0. The Bertz CT molecular complexity index is 1400. The van der Waals surface area contributed by atoms with Gasteiger partial charge in [-0.2, -0.15) is 9.99 Å².